The average molecular weight is 438 g/mol. The van der Waals surface area contributed by atoms with E-state index in [1.807, 2.05) is 41.8 Å². The van der Waals surface area contributed by atoms with Crippen molar-refractivity contribution in [2.24, 2.45) is 0 Å². The van der Waals surface area contributed by atoms with Crippen LogP contribution in [-0.2, 0) is 24.2 Å². The lowest BCUT2D eigenvalue weighted by Crippen LogP contribution is -2.45. The normalized spacial score (nSPS) is 16.4. The van der Waals surface area contributed by atoms with Gasteiger partial charge in [-0.3, -0.25) is 0 Å². The molecule has 4 rings (SSSR count). The Morgan fingerprint density at radius 3 is 2.69 bits per heavy atom. The van der Waals surface area contributed by atoms with Crippen molar-refractivity contribution in [2.75, 3.05) is 7.05 Å². The Morgan fingerprint density at radius 2 is 2.00 bits per heavy atom. The van der Waals surface area contributed by atoms with Crippen molar-refractivity contribution in [1.29, 1.82) is 0 Å². The predicted octanol–water partition coefficient (Wildman–Crippen LogP) is 4.52. The van der Waals surface area contributed by atoms with Crippen LogP contribution in [0.15, 0.2) is 48.5 Å². The van der Waals surface area contributed by atoms with Gasteiger partial charge < -0.3 is 19.9 Å². The van der Waals surface area contributed by atoms with Gasteiger partial charge in [-0.05, 0) is 55.0 Å². The summed E-state index contributed by atoms with van der Waals surface area (Å²) in [5.74, 6) is -1.24. The lowest BCUT2D eigenvalue weighted by atomic mass is 9.90. The highest BCUT2D eigenvalue weighted by Gasteiger charge is 2.32. The molecule has 1 aromatic heterocycles. The first-order valence-corrected chi connectivity index (χ1v) is 11.0. The highest BCUT2D eigenvalue weighted by Crippen LogP contribution is 2.37. The fourth-order valence-electron chi connectivity index (χ4n) is 4.76. The van der Waals surface area contributed by atoms with E-state index in [-0.39, 0.29) is 17.9 Å². The number of benzene rings is 2. The molecule has 3 aromatic rings. The number of aliphatic carboxylic acids is 1. The summed E-state index contributed by atoms with van der Waals surface area (Å²) < 4.78 is 16.0. The monoisotopic (exact) mass is 437 g/mol. The van der Waals surface area contributed by atoms with Crippen LogP contribution in [0, 0.1) is 5.82 Å². The number of hydrogen-bond donors (Lipinski definition) is 2. The van der Waals surface area contributed by atoms with Gasteiger partial charge in [-0.1, -0.05) is 37.3 Å². The molecule has 0 fully saturated rings. The topological polar surface area (TPSA) is 74.6 Å². The van der Waals surface area contributed by atoms with Gasteiger partial charge >= 0.3 is 12.0 Å². The first-order valence-electron chi connectivity index (χ1n) is 11.0. The summed E-state index contributed by atoms with van der Waals surface area (Å²) in [5, 5.41) is 13.5. The summed E-state index contributed by atoms with van der Waals surface area (Å²) in [5.41, 5.74) is 3.65. The van der Waals surface area contributed by atoms with Crippen LogP contribution in [0.3, 0.4) is 0 Å². The summed E-state index contributed by atoms with van der Waals surface area (Å²) in [4.78, 5) is 26.4. The maximum atomic E-state index is 14.1. The molecule has 1 aliphatic rings. The second-order valence-electron chi connectivity index (χ2n) is 8.37. The Balaban J connectivity index is 1.60. The molecular weight excluding hydrogens is 409 g/mol. The van der Waals surface area contributed by atoms with Crippen LogP contribution in [0.4, 0.5) is 9.18 Å². The zero-order valence-electron chi connectivity index (χ0n) is 18.3. The smallest absolute Gasteiger partial charge is 0.326 e. The first kappa shape index (κ1) is 21.9. The number of likely N-dealkylation sites (N-methyl/N-ethyl adjacent to an activating group) is 1. The van der Waals surface area contributed by atoms with Gasteiger partial charge in [0, 0.05) is 36.2 Å². The van der Waals surface area contributed by atoms with E-state index in [4.69, 9.17) is 0 Å². The summed E-state index contributed by atoms with van der Waals surface area (Å²) in [6, 6.07) is 13.3. The molecule has 0 saturated carbocycles. The predicted molar refractivity (Wildman–Crippen MR) is 121 cm³/mol. The van der Waals surface area contributed by atoms with Crippen molar-refractivity contribution in [3.05, 3.63) is 71.2 Å². The molecule has 0 spiro atoms. The van der Waals surface area contributed by atoms with Crippen molar-refractivity contribution < 1.29 is 19.1 Å². The summed E-state index contributed by atoms with van der Waals surface area (Å²) in [6.07, 6.45) is 2.36. The van der Waals surface area contributed by atoms with Crippen LogP contribution in [0.5, 0.6) is 0 Å². The van der Waals surface area contributed by atoms with Gasteiger partial charge in [0.2, 0.25) is 0 Å². The number of halogens is 1. The van der Waals surface area contributed by atoms with Crippen molar-refractivity contribution in [3.63, 3.8) is 0 Å². The Kier molecular flexibility index (Phi) is 6.17. The summed E-state index contributed by atoms with van der Waals surface area (Å²) in [7, 11) is 1.78. The molecule has 2 atom stereocenters. The Bertz CT molecular complexity index is 1140. The van der Waals surface area contributed by atoms with E-state index in [9.17, 15) is 19.1 Å². The van der Waals surface area contributed by atoms with Crippen LogP contribution >= 0.6 is 0 Å². The van der Waals surface area contributed by atoms with Gasteiger partial charge in [-0.25, -0.2) is 14.0 Å². The fraction of sp³-hybridized carbons (Fsp3) is 0.360. The molecule has 2 aromatic carbocycles. The quantitative estimate of drug-likeness (QED) is 0.596. The van der Waals surface area contributed by atoms with Crippen molar-refractivity contribution in [3.8, 4) is 0 Å². The third-order valence-electron chi connectivity index (χ3n) is 6.47. The molecule has 1 aliphatic carbocycles. The Hall–Kier alpha value is -3.35. The number of carboxylic acids is 1. The second-order valence-corrected chi connectivity index (χ2v) is 8.37. The number of amides is 2. The minimum absolute atomic E-state index is 0.0505. The minimum Gasteiger partial charge on any atom is -0.480 e. The molecule has 1 unspecified atom stereocenters. The molecule has 0 saturated heterocycles. The minimum atomic E-state index is -0.893. The van der Waals surface area contributed by atoms with E-state index in [0.717, 1.165) is 34.1 Å². The zero-order chi connectivity index (χ0) is 22.8. The summed E-state index contributed by atoms with van der Waals surface area (Å²) in [6.45, 7) is 2.29. The van der Waals surface area contributed by atoms with E-state index >= 15 is 0 Å². The third-order valence-corrected chi connectivity index (χ3v) is 6.47. The van der Waals surface area contributed by atoms with Gasteiger partial charge in [-0.15, -0.1) is 0 Å². The number of rotatable bonds is 6. The standard InChI is InChI=1S/C25H28FN3O3/c1-3-21(24(30)31)29-22-11-9-17(26)13-19(22)20-14-18(10-12-23(20)29)28(2)25(32)27-15-16-7-5-4-6-8-16/h4-9,11,13,18,21H,3,10,12,14-15H2,1-2H3,(H,27,32)(H,30,31)/t18-,21?/m0/s1. The van der Waals surface area contributed by atoms with E-state index in [1.165, 1.54) is 12.1 Å². The number of carbonyl (C=O) groups is 2. The maximum absolute atomic E-state index is 14.1. The highest BCUT2D eigenvalue weighted by atomic mass is 19.1. The molecule has 168 valence electrons. The number of aromatic nitrogens is 1. The molecule has 32 heavy (non-hydrogen) atoms. The van der Waals surface area contributed by atoms with Crippen molar-refractivity contribution in [1.82, 2.24) is 14.8 Å². The highest BCUT2D eigenvalue weighted by molar-refractivity contribution is 5.88. The van der Waals surface area contributed by atoms with Gasteiger partial charge in [0.25, 0.3) is 0 Å². The Morgan fingerprint density at radius 1 is 1.25 bits per heavy atom. The van der Waals surface area contributed by atoms with Crippen LogP contribution in [-0.4, -0.2) is 39.7 Å². The van der Waals surface area contributed by atoms with Crippen molar-refractivity contribution >= 4 is 22.9 Å². The lowest BCUT2D eigenvalue weighted by molar-refractivity contribution is -0.140. The van der Waals surface area contributed by atoms with Crippen LogP contribution in [0.25, 0.3) is 10.9 Å². The molecule has 0 radical (unpaired) electrons. The average Bonchev–Trinajstić information content (AvgIpc) is 3.10. The van der Waals surface area contributed by atoms with Gasteiger partial charge in [0.05, 0.1) is 0 Å². The van der Waals surface area contributed by atoms with Gasteiger partial charge in [0.15, 0.2) is 0 Å². The van der Waals surface area contributed by atoms with Gasteiger partial charge in [0.1, 0.15) is 11.9 Å². The van der Waals surface area contributed by atoms with E-state index in [0.29, 0.717) is 25.8 Å². The molecular formula is C25H28FN3O3. The molecule has 7 heteroatoms. The van der Waals surface area contributed by atoms with Gasteiger partial charge in [-0.2, -0.15) is 0 Å². The fourth-order valence-corrected chi connectivity index (χ4v) is 4.76. The van der Waals surface area contributed by atoms with Crippen LogP contribution in [0.2, 0.25) is 0 Å². The third kappa shape index (κ3) is 4.07. The molecule has 0 aliphatic heterocycles. The second kappa shape index (κ2) is 9.02. The number of carboxylic acid groups (broad SMARTS) is 1. The molecule has 2 amide bonds. The van der Waals surface area contributed by atoms with E-state index in [1.54, 1.807) is 18.0 Å². The van der Waals surface area contributed by atoms with Crippen LogP contribution in [0.1, 0.15) is 42.6 Å². The summed E-state index contributed by atoms with van der Waals surface area (Å²) >= 11 is 0. The lowest BCUT2D eigenvalue weighted by Gasteiger charge is -2.32. The number of carbonyl (C=O) groups excluding carboxylic acids is 1. The zero-order valence-corrected chi connectivity index (χ0v) is 18.3. The number of hydrogen-bond acceptors (Lipinski definition) is 2. The number of urea groups is 1. The first-order chi connectivity index (χ1) is 15.4. The largest absolute Gasteiger partial charge is 0.480 e. The number of nitrogens with zero attached hydrogens (tertiary/aromatic N) is 2. The maximum Gasteiger partial charge on any atom is 0.326 e. The molecule has 6 nitrogen and oxygen atoms in total. The number of fused-ring (bicyclic) bond motifs is 3. The van der Waals surface area contributed by atoms with Crippen LogP contribution < -0.4 is 5.32 Å². The van der Waals surface area contributed by atoms with Crippen molar-refractivity contribution in [2.45, 2.75) is 51.2 Å². The number of nitrogens with one attached hydrogen (secondary N) is 1. The molecule has 2 N–H and O–H groups in total. The molecule has 1 heterocycles. The SMILES string of the molecule is CCC(C(=O)O)n1c2c(c3cc(F)ccc31)C[C@@H](N(C)C(=O)NCc1ccccc1)CC2. The molecule has 0 bridgehead atoms. The van der Waals surface area contributed by atoms with E-state index in [2.05, 4.69) is 5.32 Å². The Labute approximate surface area is 186 Å². The van der Waals surface area contributed by atoms with E-state index < -0.39 is 12.0 Å².